The molecule has 0 aromatic carbocycles. The lowest BCUT2D eigenvalue weighted by atomic mass is 9.78. The van der Waals surface area contributed by atoms with Gasteiger partial charge in [-0.2, -0.15) is 0 Å². The van der Waals surface area contributed by atoms with Crippen LogP contribution in [0, 0.1) is 5.92 Å². The van der Waals surface area contributed by atoms with Gasteiger partial charge in [0.05, 0.1) is 31.5 Å². The maximum Gasteiger partial charge on any atom is 0.417 e. The quantitative estimate of drug-likeness (QED) is 0.570. The molecule has 0 fully saturated rings. The molecule has 0 bridgehead atoms. The van der Waals surface area contributed by atoms with Crippen LogP contribution in [0.1, 0.15) is 34.1 Å². The third-order valence-electron chi connectivity index (χ3n) is 4.43. The molecule has 8 nitrogen and oxygen atoms in total. The van der Waals surface area contributed by atoms with Crippen LogP contribution in [0.4, 0.5) is 4.79 Å². The van der Waals surface area contributed by atoms with Crippen LogP contribution in [0.15, 0.2) is 46.6 Å². The number of dihydropyridines is 1. The Balaban J connectivity index is 2.59. The Labute approximate surface area is 164 Å². The van der Waals surface area contributed by atoms with Gasteiger partial charge in [-0.1, -0.05) is 6.08 Å². The highest BCUT2D eigenvalue weighted by molar-refractivity contribution is 5.99. The average Bonchev–Trinajstić information content (AvgIpc) is 2.67. The zero-order valence-electron chi connectivity index (χ0n) is 16.8. The minimum atomic E-state index is -0.698. The minimum absolute atomic E-state index is 0.201. The predicted molar refractivity (Wildman–Crippen MR) is 101 cm³/mol. The lowest BCUT2D eigenvalue weighted by Crippen LogP contribution is -2.35. The average molecular weight is 390 g/mol. The SMILES string of the molecule is CCOC(=O)C1=C(C)NC(C)=C(C(=O)OCC)C1C1=CN(C(=O)OC)C=CC1. The second kappa shape index (κ2) is 9.25. The van der Waals surface area contributed by atoms with Crippen LogP contribution < -0.4 is 5.32 Å². The van der Waals surface area contributed by atoms with Crippen LogP contribution in [0.3, 0.4) is 0 Å². The maximum absolute atomic E-state index is 12.7. The molecule has 2 aliphatic rings. The van der Waals surface area contributed by atoms with Gasteiger partial charge in [-0.3, -0.25) is 4.90 Å². The van der Waals surface area contributed by atoms with Crippen molar-refractivity contribution >= 4 is 18.0 Å². The number of esters is 2. The standard InChI is InChI=1S/C20H26N2O6/c1-6-27-18(23)15-12(3)21-13(4)16(19(24)28-7-2)17(15)14-9-8-10-22(11-14)20(25)26-5/h8,10-11,17,21H,6-7,9H2,1-5H3. The molecule has 0 spiro atoms. The number of rotatable bonds is 5. The predicted octanol–water partition coefficient (Wildman–Crippen LogP) is 2.75. The summed E-state index contributed by atoms with van der Waals surface area (Å²) in [6, 6.07) is 0. The Morgan fingerprint density at radius 2 is 1.61 bits per heavy atom. The van der Waals surface area contributed by atoms with E-state index in [2.05, 4.69) is 5.32 Å². The van der Waals surface area contributed by atoms with Crippen molar-refractivity contribution < 1.29 is 28.6 Å². The molecular formula is C20H26N2O6. The molecule has 0 aliphatic carbocycles. The largest absolute Gasteiger partial charge is 0.463 e. The number of hydrogen-bond acceptors (Lipinski definition) is 7. The van der Waals surface area contributed by atoms with Gasteiger partial charge in [0.2, 0.25) is 0 Å². The van der Waals surface area contributed by atoms with E-state index in [-0.39, 0.29) is 13.2 Å². The fraction of sp³-hybridized carbons (Fsp3) is 0.450. The van der Waals surface area contributed by atoms with Crippen LogP contribution in [0.25, 0.3) is 0 Å². The van der Waals surface area contributed by atoms with Crippen molar-refractivity contribution in [3.8, 4) is 0 Å². The molecule has 2 rings (SSSR count). The molecule has 152 valence electrons. The summed E-state index contributed by atoms with van der Waals surface area (Å²) < 4.78 is 15.2. The van der Waals surface area contributed by atoms with Crippen LogP contribution in [0.5, 0.6) is 0 Å². The van der Waals surface area contributed by atoms with Gasteiger partial charge >= 0.3 is 18.0 Å². The smallest absolute Gasteiger partial charge is 0.417 e. The van der Waals surface area contributed by atoms with Crippen molar-refractivity contribution in [2.24, 2.45) is 5.92 Å². The Kier molecular flexibility index (Phi) is 7.03. The van der Waals surface area contributed by atoms with Gasteiger partial charge in [0.25, 0.3) is 0 Å². The van der Waals surface area contributed by atoms with Crippen LogP contribution >= 0.6 is 0 Å². The summed E-state index contributed by atoms with van der Waals surface area (Å²) in [5, 5.41) is 3.08. The Bertz CT molecular complexity index is 751. The van der Waals surface area contributed by atoms with E-state index in [9.17, 15) is 14.4 Å². The van der Waals surface area contributed by atoms with Crippen molar-refractivity contribution in [1.29, 1.82) is 0 Å². The molecule has 0 aromatic heterocycles. The van der Waals surface area contributed by atoms with Gasteiger partial charge in [-0.15, -0.1) is 0 Å². The number of nitrogens with one attached hydrogen (secondary N) is 1. The first-order chi connectivity index (χ1) is 13.3. The highest BCUT2D eigenvalue weighted by Crippen LogP contribution is 2.39. The van der Waals surface area contributed by atoms with E-state index in [4.69, 9.17) is 14.2 Å². The molecule has 2 heterocycles. The molecule has 0 saturated heterocycles. The summed E-state index contributed by atoms with van der Waals surface area (Å²) in [4.78, 5) is 38.7. The Morgan fingerprint density at radius 3 is 2.07 bits per heavy atom. The summed E-state index contributed by atoms with van der Waals surface area (Å²) in [6.45, 7) is 7.34. The molecule has 0 radical (unpaired) electrons. The van der Waals surface area contributed by atoms with E-state index in [0.29, 0.717) is 34.5 Å². The van der Waals surface area contributed by atoms with Gasteiger partial charge in [0, 0.05) is 29.7 Å². The second-order valence-electron chi connectivity index (χ2n) is 6.25. The van der Waals surface area contributed by atoms with E-state index >= 15 is 0 Å². The lowest BCUT2D eigenvalue weighted by Gasteiger charge is -2.33. The topological polar surface area (TPSA) is 94.2 Å². The number of nitrogens with zero attached hydrogens (tertiary/aromatic N) is 1. The second-order valence-corrected chi connectivity index (χ2v) is 6.25. The number of amides is 1. The van der Waals surface area contributed by atoms with Gasteiger partial charge in [0.1, 0.15) is 0 Å². The van der Waals surface area contributed by atoms with Gasteiger partial charge in [-0.25, -0.2) is 14.4 Å². The Morgan fingerprint density at radius 1 is 1.07 bits per heavy atom. The lowest BCUT2D eigenvalue weighted by molar-refractivity contribution is -0.139. The molecule has 1 N–H and O–H groups in total. The summed E-state index contributed by atoms with van der Waals surface area (Å²) in [5.41, 5.74) is 2.51. The number of ether oxygens (including phenoxy) is 3. The van der Waals surface area contributed by atoms with Crippen molar-refractivity contribution in [1.82, 2.24) is 10.2 Å². The van der Waals surface area contributed by atoms with Crippen molar-refractivity contribution in [3.05, 3.63) is 46.6 Å². The first-order valence-corrected chi connectivity index (χ1v) is 9.11. The molecule has 28 heavy (non-hydrogen) atoms. The van der Waals surface area contributed by atoms with Gasteiger partial charge in [0.15, 0.2) is 0 Å². The molecule has 2 aliphatic heterocycles. The van der Waals surface area contributed by atoms with Crippen LogP contribution in [-0.4, -0.2) is 43.3 Å². The number of carbonyl (C=O) groups excluding carboxylic acids is 3. The fourth-order valence-electron chi connectivity index (χ4n) is 3.31. The van der Waals surface area contributed by atoms with E-state index in [1.165, 1.54) is 12.0 Å². The van der Waals surface area contributed by atoms with E-state index in [1.54, 1.807) is 46.2 Å². The van der Waals surface area contributed by atoms with E-state index in [1.807, 2.05) is 0 Å². The van der Waals surface area contributed by atoms with Gasteiger partial charge in [-0.05, 0) is 39.7 Å². The molecule has 0 atom stereocenters. The van der Waals surface area contributed by atoms with Crippen molar-refractivity contribution in [3.63, 3.8) is 0 Å². The molecule has 8 heteroatoms. The van der Waals surface area contributed by atoms with Crippen molar-refractivity contribution in [2.75, 3.05) is 20.3 Å². The van der Waals surface area contributed by atoms with Crippen LogP contribution in [0.2, 0.25) is 0 Å². The number of hydrogen-bond donors (Lipinski definition) is 1. The Hall–Kier alpha value is -3.03. The summed E-state index contributed by atoms with van der Waals surface area (Å²) in [6.07, 6.45) is 4.81. The molecule has 0 saturated carbocycles. The zero-order valence-corrected chi connectivity index (χ0v) is 16.8. The zero-order chi connectivity index (χ0) is 20.8. The number of allylic oxidation sites excluding steroid dienone is 4. The first kappa shape index (κ1) is 21.3. The highest BCUT2D eigenvalue weighted by atomic mass is 16.5. The summed E-state index contributed by atoms with van der Waals surface area (Å²) in [7, 11) is 1.28. The molecular weight excluding hydrogens is 364 g/mol. The van der Waals surface area contributed by atoms with Crippen molar-refractivity contribution in [2.45, 2.75) is 34.1 Å². The van der Waals surface area contributed by atoms with Crippen LogP contribution in [-0.2, 0) is 23.8 Å². The monoisotopic (exact) mass is 390 g/mol. The molecule has 0 aromatic rings. The first-order valence-electron chi connectivity index (χ1n) is 9.11. The number of carbonyl (C=O) groups is 3. The van der Waals surface area contributed by atoms with E-state index < -0.39 is 23.9 Å². The molecule has 0 unspecified atom stereocenters. The minimum Gasteiger partial charge on any atom is -0.463 e. The molecule has 1 amide bonds. The maximum atomic E-state index is 12.7. The third kappa shape index (κ3) is 4.27. The summed E-state index contributed by atoms with van der Waals surface area (Å²) in [5.74, 6) is -1.74. The van der Waals surface area contributed by atoms with E-state index in [0.717, 1.165) is 0 Å². The summed E-state index contributed by atoms with van der Waals surface area (Å²) >= 11 is 0. The highest BCUT2D eigenvalue weighted by Gasteiger charge is 2.39. The third-order valence-corrected chi connectivity index (χ3v) is 4.43. The normalized spacial score (nSPS) is 17.2. The van der Waals surface area contributed by atoms with Gasteiger partial charge < -0.3 is 19.5 Å². The number of methoxy groups -OCH3 is 1. The fourth-order valence-corrected chi connectivity index (χ4v) is 3.31.